The molecule has 1 fully saturated rings. The van der Waals surface area contributed by atoms with Gasteiger partial charge >= 0.3 is 0 Å². The number of rotatable bonds is 2. The fraction of sp³-hybridized carbons (Fsp3) is 0.400. The zero-order chi connectivity index (χ0) is 9.42. The SMILES string of the molecule is CNc1cc(C2CC2)c(Cl)cc1O. The van der Waals surface area contributed by atoms with Crippen molar-refractivity contribution >= 4 is 17.3 Å². The molecular formula is C10H12ClNO. The number of hydrogen-bond acceptors (Lipinski definition) is 2. The molecular weight excluding hydrogens is 186 g/mol. The summed E-state index contributed by atoms with van der Waals surface area (Å²) in [6.45, 7) is 0. The molecule has 2 rings (SSSR count). The largest absolute Gasteiger partial charge is 0.506 e. The van der Waals surface area contributed by atoms with Crippen molar-refractivity contribution in [3.63, 3.8) is 0 Å². The summed E-state index contributed by atoms with van der Waals surface area (Å²) in [4.78, 5) is 0. The van der Waals surface area contributed by atoms with Gasteiger partial charge in [0.2, 0.25) is 0 Å². The van der Waals surface area contributed by atoms with Crippen LogP contribution in [0, 0.1) is 0 Å². The zero-order valence-corrected chi connectivity index (χ0v) is 8.23. The van der Waals surface area contributed by atoms with Gasteiger partial charge in [-0.1, -0.05) is 11.6 Å². The number of phenolic OH excluding ortho intramolecular Hbond substituents is 1. The molecule has 1 aromatic carbocycles. The third kappa shape index (κ3) is 1.59. The summed E-state index contributed by atoms with van der Waals surface area (Å²) < 4.78 is 0. The molecule has 70 valence electrons. The molecule has 2 N–H and O–H groups in total. The second-order valence-electron chi connectivity index (χ2n) is 3.42. The minimum atomic E-state index is 0.219. The van der Waals surface area contributed by atoms with Crippen LogP contribution in [-0.4, -0.2) is 12.2 Å². The quantitative estimate of drug-likeness (QED) is 0.715. The number of hydrogen-bond donors (Lipinski definition) is 2. The standard InChI is InChI=1S/C10H12ClNO/c1-12-9-4-7(6-2-3-6)8(11)5-10(9)13/h4-6,12-13H,2-3H2,1H3. The number of anilines is 1. The molecule has 3 heteroatoms. The number of aromatic hydroxyl groups is 1. The van der Waals surface area contributed by atoms with Crippen LogP contribution in [0.25, 0.3) is 0 Å². The Kier molecular flexibility index (Phi) is 2.08. The van der Waals surface area contributed by atoms with Crippen LogP contribution in [0.5, 0.6) is 5.75 Å². The molecule has 2 nitrogen and oxygen atoms in total. The van der Waals surface area contributed by atoms with Crippen molar-refractivity contribution in [2.45, 2.75) is 18.8 Å². The molecule has 0 bridgehead atoms. The Bertz CT molecular complexity index is 334. The average molecular weight is 198 g/mol. The van der Waals surface area contributed by atoms with Crippen LogP contribution < -0.4 is 5.32 Å². The predicted molar refractivity (Wildman–Crippen MR) is 54.6 cm³/mol. The highest BCUT2D eigenvalue weighted by atomic mass is 35.5. The lowest BCUT2D eigenvalue weighted by molar-refractivity contribution is 0.477. The zero-order valence-electron chi connectivity index (χ0n) is 7.47. The Hall–Kier alpha value is -0.890. The van der Waals surface area contributed by atoms with E-state index < -0.39 is 0 Å². The van der Waals surface area contributed by atoms with E-state index in [1.54, 1.807) is 13.1 Å². The highest BCUT2D eigenvalue weighted by molar-refractivity contribution is 6.31. The summed E-state index contributed by atoms with van der Waals surface area (Å²) in [6, 6.07) is 3.55. The Morgan fingerprint density at radius 1 is 1.46 bits per heavy atom. The van der Waals surface area contributed by atoms with Gasteiger partial charge in [0.1, 0.15) is 5.75 Å². The van der Waals surface area contributed by atoms with E-state index in [1.165, 1.54) is 12.8 Å². The lowest BCUT2D eigenvalue weighted by Gasteiger charge is -2.08. The van der Waals surface area contributed by atoms with Crippen LogP contribution >= 0.6 is 11.6 Å². The van der Waals surface area contributed by atoms with Crippen molar-refractivity contribution < 1.29 is 5.11 Å². The molecule has 0 radical (unpaired) electrons. The fourth-order valence-electron chi connectivity index (χ4n) is 1.49. The van der Waals surface area contributed by atoms with Gasteiger partial charge in [-0.05, 0) is 30.4 Å². The third-order valence-electron chi connectivity index (χ3n) is 2.40. The first-order valence-corrected chi connectivity index (χ1v) is 4.80. The molecule has 0 unspecified atom stereocenters. The molecule has 0 aromatic heterocycles. The van der Waals surface area contributed by atoms with Crippen molar-refractivity contribution in [3.8, 4) is 5.75 Å². The van der Waals surface area contributed by atoms with E-state index in [0.29, 0.717) is 10.9 Å². The summed E-state index contributed by atoms with van der Waals surface area (Å²) in [6.07, 6.45) is 2.43. The summed E-state index contributed by atoms with van der Waals surface area (Å²) in [5.74, 6) is 0.831. The van der Waals surface area contributed by atoms with Gasteiger partial charge in [-0.3, -0.25) is 0 Å². The van der Waals surface area contributed by atoms with Crippen molar-refractivity contribution in [2.24, 2.45) is 0 Å². The maximum absolute atomic E-state index is 9.47. The fourth-order valence-corrected chi connectivity index (χ4v) is 1.80. The van der Waals surface area contributed by atoms with Gasteiger partial charge in [0.25, 0.3) is 0 Å². The number of phenols is 1. The van der Waals surface area contributed by atoms with Gasteiger partial charge in [-0.25, -0.2) is 0 Å². The third-order valence-corrected chi connectivity index (χ3v) is 2.73. The monoisotopic (exact) mass is 197 g/mol. The van der Waals surface area contributed by atoms with Crippen LogP contribution in [0.1, 0.15) is 24.3 Å². The maximum Gasteiger partial charge on any atom is 0.140 e. The highest BCUT2D eigenvalue weighted by Crippen LogP contribution is 2.45. The minimum Gasteiger partial charge on any atom is -0.506 e. The molecule has 0 aliphatic heterocycles. The van der Waals surface area contributed by atoms with E-state index >= 15 is 0 Å². The molecule has 0 heterocycles. The van der Waals surface area contributed by atoms with Gasteiger partial charge in [0.15, 0.2) is 0 Å². The molecule has 0 saturated heterocycles. The smallest absolute Gasteiger partial charge is 0.140 e. The molecule has 0 spiro atoms. The summed E-state index contributed by atoms with van der Waals surface area (Å²) in [5, 5.41) is 13.1. The van der Waals surface area contributed by atoms with E-state index in [4.69, 9.17) is 11.6 Å². The molecule has 1 saturated carbocycles. The molecule has 1 aromatic rings. The van der Waals surface area contributed by atoms with Crippen molar-refractivity contribution in [2.75, 3.05) is 12.4 Å². The lowest BCUT2D eigenvalue weighted by atomic mass is 10.1. The highest BCUT2D eigenvalue weighted by Gasteiger charge is 2.26. The normalized spacial score (nSPS) is 15.8. The van der Waals surface area contributed by atoms with Crippen LogP contribution in [0.4, 0.5) is 5.69 Å². The Morgan fingerprint density at radius 3 is 2.69 bits per heavy atom. The van der Waals surface area contributed by atoms with Gasteiger partial charge in [0.05, 0.1) is 5.69 Å². The number of halogens is 1. The van der Waals surface area contributed by atoms with Crippen molar-refractivity contribution in [1.82, 2.24) is 0 Å². The first kappa shape index (κ1) is 8.70. The first-order chi connectivity index (χ1) is 6.22. The Labute approximate surface area is 82.5 Å². The van der Waals surface area contributed by atoms with Gasteiger partial charge in [-0.2, -0.15) is 0 Å². The Balaban J connectivity index is 2.44. The van der Waals surface area contributed by atoms with E-state index in [-0.39, 0.29) is 5.75 Å². The summed E-state index contributed by atoms with van der Waals surface area (Å²) in [5.41, 5.74) is 1.91. The van der Waals surface area contributed by atoms with Crippen molar-refractivity contribution in [1.29, 1.82) is 0 Å². The lowest BCUT2D eigenvalue weighted by Crippen LogP contribution is -1.91. The van der Waals surface area contributed by atoms with Crippen LogP contribution in [0.15, 0.2) is 12.1 Å². The van der Waals surface area contributed by atoms with Gasteiger partial charge in [0, 0.05) is 18.1 Å². The number of benzene rings is 1. The molecule has 13 heavy (non-hydrogen) atoms. The molecule has 0 amide bonds. The minimum absolute atomic E-state index is 0.219. The van der Waals surface area contributed by atoms with Gasteiger partial charge < -0.3 is 10.4 Å². The van der Waals surface area contributed by atoms with E-state index in [0.717, 1.165) is 11.3 Å². The number of nitrogens with one attached hydrogen (secondary N) is 1. The van der Waals surface area contributed by atoms with E-state index in [2.05, 4.69) is 5.32 Å². The van der Waals surface area contributed by atoms with Crippen LogP contribution in [-0.2, 0) is 0 Å². The second kappa shape index (κ2) is 3.11. The van der Waals surface area contributed by atoms with Crippen LogP contribution in [0.3, 0.4) is 0 Å². The van der Waals surface area contributed by atoms with Crippen molar-refractivity contribution in [3.05, 3.63) is 22.7 Å². The molecule has 0 atom stereocenters. The summed E-state index contributed by atoms with van der Waals surface area (Å²) in [7, 11) is 1.79. The van der Waals surface area contributed by atoms with E-state index in [9.17, 15) is 5.11 Å². The summed E-state index contributed by atoms with van der Waals surface area (Å²) >= 11 is 6.01. The van der Waals surface area contributed by atoms with E-state index in [1.807, 2.05) is 6.07 Å². The first-order valence-electron chi connectivity index (χ1n) is 4.42. The molecule has 1 aliphatic rings. The topological polar surface area (TPSA) is 32.3 Å². The predicted octanol–water partition coefficient (Wildman–Crippen LogP) is 2.96. The van der Waals surface area contributed by atoms with Gasteiger partial charge in [-0.15, -0.1) is 0 Å². The molecule has 1 aliphatic carbocycles. The Morgan fingerprint density at radius 2 is 2.15 bits per heavy atom. The maximum atomic E-state index is 9.47. The van der Waals surface area contributed by atoms with Crippen LogP contribution in [0.2, 0.25) is 5.02 Å². The second-order valence-corrected chi connectivity index (χ2v) is 3.82. The average Bonchev–Trinajstić information content (AvgIpc) is 2.88.